The van der Waals surface area contributed by atoms with E-state index in [4.69, 9.17) is 16.3 Å². The topological polar surface area (TPSA) is 44.1 Å². The van der Waals surface area contributed by atoms with Gasteiger partial charge >= 0.3 is 5.97 Å². The Morgan fingerprint density at radius 1 is 1.04 bits per heavy atom. The molecule has 0 aliphatic rings. The SMILES string of the molecule is CCc1cc(OC(=O)c2cccc3ccccc23)n(-c2cccc(Cl)c2)n1. The van der Waals surface area contributed by atoms with Crippen LogP contribution in [0.15, 0.2) is 72.8 Å². The molecule has 0 bridgehead atoms. The predicted octanol–water partition coefficient (Wildman–Crippen LogP) is 5.46. The summed E-state index contributed by atoms with van der Waals surface area (Å²) >= 11 is 6.11. The summed E-state index contributed by atoms with van der Waals surface area (Å²) in [5, 5.41) is 6.97. The second kappa shape index (κ2) is 7.25. The van der Waals surface area contributed by atoms with E-state index in [1.807, 2.05) is 55.5 Å². The molecule has 0 atom stereocenters. The van der Waals surface area contributed by atoms with Crippen molar-refractivity contribution in [3.05, 3.63) is 89.1 Å². The van der Waals surface area contributed by atoms with Gasteiger partial charge in [-0.25, -0.2) is 9.48 Å². The zero-order valence-corrected chi connectivity index (χ0v) is 15.5. The molecule has 0 aliphatic heterocycles. The summed E-state index contributed by atoms with van der Waals surface area (Å²) < 4.78 is 7.34. The lowest BCUT2D eigenvalue weighted by Crippen LogP contribution is -2.12. The van der Waals surface area contributed by atoms with Gasteiger partial charge in [-0.15, -0.1) is 0 Å². The predicted molar refractivity (Wildman–Crippen MR) is 107 cm³/mol. The van der Waals surface area contributed by atoms with Crippen LogP contribution in [0.3, 0.4) is 0 Å². The van der Waals surface area contributed by atoms with Crippen LogP contribution in [0.2, 0.25) is 5.02 Å². The van der Waals surface area contributed by atoms with Gasteiger partial charge in [0.1, 0.15) is 0 Å². The smallest absolute Gasteiger partial charge is 0.345 e. The Kier molecular flexibility index (Phi) is 4.65. The number of hydrogen-bond donors (Lipinski definition) is 0. The quantitative estimate of drug-likeness (QED) is 0.444. The van der Waals surface area contributed by atoms with E-state index in [-0.39, 0.29) is 0 Å². The van der Waals surface area contributed by atoms with Crippen LogP contribution in [-0.4, -0.2) is 15.7 Å². The summed E-state index contributed by atoms with van der Waals surface area (Å²) in [5.74, 6) is -0.0512. The highest BCUT2D eigenvalue weighted by molar-refractivity contribution is 6.30. The highest BCUT2D eigenvalue weighted by atomic mass is 35.5. The van der Waals surface area contributed by atoms with Crippen LogP contribution in [-0.2, 0) is 6.42 Å². The maximum atomic E-state index is 12.9. The first-order chi connectivity index (χ1) is 13.2. The van der Waals surface area contributed by atoms with Gasteiger partial charge in [0.15, 0.2) is 0 Å². The number of esters is 1. The van der Waals surface area contributed by atoms with Gasteiger partial charge in [0.25, 0.3) is 0 Å². The van der Waals surface area contributed by atoms with Gasteiger partial charge in [-0.2, -0.15) is 5.10 Å². The maximum Gasteiger partial charge on any atom is 0.345 e. The number of ether oxygens (including phenoxy) is 1. The number of fused-ring (bicyclic) bond motifs is 1. The minimum Gasteiger partial charge on any atom is -0.404 e. The first-order valence-corrected chi connectivity index (χ1v) is 9.08. The van der Waals surface area contributed by atoms with Gasteiger partial charge in [-0.05, 0) is 41.5 Å². The zero-order chi connectivity index (χ0) is 18.8. The zero-order valence-electron chi connectivity index (χ0n) is 14.7. The van der Waals surface area contributed by atoms with E-state index in [9.17, 15) is 4.79 Å². The summed E-state index contributed by atoms with van der Waals surface area (Å²) in [7, 11) is 0. The molecule has 0 fully saturated rings. The lowest BCUT2D eigenvalue weighted by atomic mass is 10.1. The molecular formula is C22H17ClN2O2. The van der Waals surface area contributed by atoms with Crippen LogP contribution in [0.25, 0.3) is 16.5 Å². The van der Waals surface area contributed by atoms with Crippen molar-refractivity contribution in [1.82, 2.24) is 9.78 Å². The highest BCUT2D eigenvalue weighted by Gasteiger charge is 2.17. The van der Waals surface area contributed by atoms with Crippen molar-refractivity contribution < 1.29 is 9.53 Å². The largest absolute Gasteiger partial charge is 0.404 e. The fraction of sp³-hybridized carbons (Fsp3) is 0.0909. The van der Waals surface area contributed by atoms with Crippen molar-refractivity contribution in [2.75, 3.05) is 0 Å². The summed E-state index contributed by atoms with van der Waals surface area (Å²) in [6, 6.07) is 22.4. The van der Waals surface area contributed by atoms with E-state index in [0.717, 1.165) is 28.6 Å². The standard InChI is InChI=1S/C22H17ClN2O2/c1-2-17-14-21(25(24-17)18-10-6-9-16(23)13-18)27-22(26)20-12-5-8-15-7-3-4-11-19(15)20/h3-14H,2H2,1H3. The van der Waals surface area contributed by atoms with E-state index in [1.165, 1.54) is 0 Å². The van der Waals surface area contributed by atoms with Crippen LogP contribution in [0.1, 0.15) is 23.0 Å². The fourth-order valence-corrected chi connectivity index (χ4v) is 3.19. The second-order valence-corrected chi connectivity index (χ2v) is 6.57. The molecule has 4 rings (SSSR count). The Balaban J connectivity index is 1.74. The molecule has 0 saturated heterocycles. The third-order valence-electron chi connectivity index (χ3n) is 4.35. The number of hydrogen-bond acceptors (Lipinski definition) is 3. The van der Waals surface area contributed by atoms with Gasteiger partial charge in [0, 0.05) is 11.1 Å². The summed E-state index contributed by atoms with van der Waals surface area (Å²) in [5.41, 5.74) is 2.09. The minimum atomic E-state index is -0.419. The van der Waals surface area contributed by atoms with Crippen LogP contribution >= 0.6 is 11.6 Å². The highest BCUT2D eigenvalue weighted by Crippen LogP contribution is 2.25. The van der Waals surface area contributed by atoms with Crippen LogP contribution < -0.4 is 4.74 Å². The van der Waals surface area contributed by atoms with E-state index >= 15 is 0 Å². The molecule has 1 aromatic heterocycles. The molecule has 0 amide bonds. The second-order valence-electron chi connectivity index (χ2n) is 6.14. The molecular weight excluding hydrogens is 360 g/mol. The lowest BCUT2D eigenvalue weighted by molar-refractivity contribution is 0.0725. The summed E-state index contributed by atoms with van der Waals surface area (Å²) in [6.07, 6.45) is 0.729. The average Bonchev–Trinajstić information content (AvgIpc) is 3.10. The Hall–Kier alpha value is -3.11. The van der Waals surface area contributed by atoms with E-state index < -0.39 is 5.97 Å². The lowest BCUT2D eigenvalue weighted by Gasteiger charge is -2.09. The minimum absolute atomic E-state index is 0.368. The number of halogens is 1. The Morgan fingerprint density at radius 2 is 1.81 bits per heavy atom. The Bertz CT molecular complexity index is 1130. The molecule has 0 aliphatic carbocycles. The average molecular weight is 377 g/mol. The van der Waals surface area contributed by atoms with Crippen molar-refractivity contribution in [2.45, 2.75) is 13.3 Å². The van der Waals surface area contributed by atoms with E-state index in [1.54, 1.807) is 28.9 Å². The molecule has 0 spiro atoms. The van der Waals surface area contributed by atoms with E-state index in [0.29, 0.717) is 16.5 Å². The maximum absolute atomic E-state index is 12.9. The Labute approximate surface area is 162 Å². The molecule has 4 nitrogen and oxygen atoms in total. The molecule has 5 heteroatoms. The summed E-state index contributed by atoms with van der Waals surface area (Å²) in [6.45, 7) is 2.00. The van der Waals surface area contributed by atoms with Gasteiger partial charge in [0.2, 0.25) is 5.88 Å². The Morgan fingerprint density at radius 3 is 2.63 bits per heavy atom. The number of benzene rings is 3. The molecule has 3 aromatic carbocycles. The molecule has 0 radical (unpaired) electrons. The van der Waals surface area contributed by atoms with Crippen molar-refractivity contribution in [2.24, 2.45) is 0 Å². The van der Waals surface area contributed by atoms with Crippen molar-refractivity contribution in [3.8, 4) is 11.6 Å². The number of aromatic nitrogens is 2. The number of nitrogens with zero attached hydrogens (tertiary/aromatic N) is 2. The van der Waals surface area contributed by atoms with Crippen LogP contribution in [0, 0.1) is 0 Å². The first kappa shape index (κ1) is 17.3. The van der Waals surface area contributed by atoms with Gasteiger partial charge in [-0.1, -0.05) is 61.0 Å². The summed E-state index contributed by atoms with van der Waals surface area (Å²) in [4.78, 5) is 12.9. The third kappa shape index (κ3) is 3.44. The number of carbonyl (C=O) groups is 1. The van der Waals surface area contributed by atoms with Crippen molar-refractivity contribution >= 4 is 28.3 Å². The number of aryl methyl sites for hydroxylation is 1. The molecule has 0 saturated carbocycles. The monoisotopic (exact) mass is 376 g/mol. The molecule has 0 unspecified atom stereocenters. The fourth-order valence-electron chi connectivity index (χ4n) is 3.00. The molecule has 1 heterocycles. The first-order valence-electron chi connectivity index (χ1n) is 8.70. The van der Waals surface area contributed by atoms with Crippen LogP contribution in [0.5, 0.6) is 5.88 Å². The van der Waals surface area contributed by atoms with Gasteiger partial charge in [-0.3, -0.25) is 0 Å². The van der Waals surface area contributed by atoms with E-state index in [2.05, 4.69) is 5.10 Å². The number of carbonyl (C=O) groups excluding carboxylic acids is 1. The van der Waals surface area contributed by atoms with Crippen molar-refractivity contribution in [1.29, 1.82) is 0 Å². The van der Waals surface area contributed by atoms with Crippen LogP contribution in [0.4, 0.5) is 0 Å². The normalized spacial score (nSPS) is 10.9. The van der Waals surface area contributed by atoms with Crippen molar-refractivity contribution in [3.63, 3.8) is 0 Å². The number of rotatable bonds is 4. The molecule has 27 heavy (non-hydrogen) atoms. The molecule has 134 valence electrons. The molecule has 4 aromatic rings. The third-order valence-corrected chi connectivity index (χ3v) is 4.58. The molecule has 0 N–H and O–H groups in total. The van der Waals surface area contributed by atoms with Gasteiger partial charge in [0.05, 0.1) is 16.9 Å². The van der Waals surface area contributed by atoms with Gasteiger partial charge < -0.3 is 4.74 Å².